The molecule has 1 saturated heterocycles. The van der Waals surface area contributed by atoms with Gasteiger partial charge in [0.25, 0.3) is 0 Å². The molecule has 1 aliphatic heterocycles. The largest absolute Gasteiger partial charge is 0.376 e. The van der Waals surface area contributed by atoms with E-state index in [9.17, 15) is 4.79 Å². The van der Waals surface area contributed by atoms with E-state index in [2.05, 4.69) is 10.6 Å². The Kier molecular flexibility index (Phi) is 5.57. The first-order valence-electron chi connectivity index (χ1n) is 6.64. The number of nitrogens with one attached hydrogen (secondary N) is 2. The molecule has 1 unspecified atom stereocenters. The van der Waals surface area contributed by atoms with Gasteiger partial charge in [0.1, 0.15) is 0 Å². The van der Waals surface area contributed by atoms with E-state index in [-0.39, 0.29) is 11.9 Å². The fourth-order valence-electron chi connectivity index (χ4n) is 2.13. The van der Waals surface area contributed by atoms with E-state index >= 15 is 0 Å². The molecule has 6 heteroatoms. The van der Waals surface area contributed by atoms with Crippen LogP contribution in [0.4, 0.5) is 11.4 Å². The van der Waals surface area contributed by atoms with Crippen molar-refractivity contribution in [3.8, 4) is 0 Å². The number of rotatable bonds is 4. The average Bonchev–Trinajstić information content (AvgIpc) is 2.39. The van der Waals surface area contributed by atoms with E-state index < -0.39 is 0 Å². The summed E-state index contributed by atoms with van der Waals surface area (Å²) in [4.78, 5) is 13.9. The average molecular weight is 314 g/mol. The lowest BCUT2D eigenvalue weighted by Crippen LogP contribution is -2.39. The Morgan fingerprint density at radius 1 is 1.55 bits per heavy atom. The van der Waals surface area contributed by atoms with Crippen LogP contribution in [-0.4, -0.2) is 44.1 Å². The SMILES string of the molecule is CN(C)c1ccc(NC(=O)CC2CSCCN2)cc1Cl. The van der Waals surface area contributed by atoms with Gasteiger partial charge in [0.05, 0.1) is 10.7 Å². The molecule has 2 N–H and O–H groups in total. The number of anilines is 2. The lowest BCUT2D eigenvalue weighted by Gasteiger charge is -2.22. The predicted molar refractivity (Wildman–Crippen MR) is 88.1 cm³/mol. The maximum absolute atomic E-state index is 12.0. The van der Waals surface area contributed by atoms with E-state index in [1.165, 1.54) is 0 Å². The van der Waals surface area contributed by atoms with Gasteiger partial charge in [-0.05, 0) is 18.2 Å². The zero-order chi connectivity index (χ0) is 14.5. The zero-order valence-corrected chi connectivity index (χ0v) is 13.4. The molecule has 1 heterocycles. The van der Waals surface area contributed by atoms with Crippen LogP contribution in [0, 0.1) is 0 Å². The Morgan fingerprint density at radius 2 is 2.35 bits per heavy atom. The number of benzene rings is 1. The van der Waals surface area contributed by atoms with Crippen molar-refractivity contribution in [1.82, 2.24) is 5.32 Å². The summed E-state index contributed by atoms with van der Waals surface area (Å²) in [5.74, 6) is 2.15. The molecule has 110 valence electrons. The Balaban J connectivity index is 1.92. The van der Waals surface area contributed by atoms with Crippen LogP contribution in [0.15, 0.2) is 18.2 Å². The molecule has 1 fully saturated rings. The van der Waals surface area contributed by atoms with Crippen LogP contribution in [0.2, 0.25) is 5.02 Å². The van der Waals surface area contributed by atoms with Crippen LogP contribution in [0.1, 0.15) is 6.42 Å². The van der Waals surface area contributed by atoms with Crippen molar-refractivity contribution in [3.63, 3.8) is 0 Å². The molecule has 2 rings (SSSR count). The molecule has 20 heavy (non-hydrogen) atoms. The van der Waals surface area contributed by atoms with Crippen molar-refractivity contribution < 1.29 is 4.79 Å². The van der Waals surface area contributed by atoms with Crippen molar-refractivity contribution >= 4 is 40.6 Å². The smallest absolute Gasteiger partial charge is 0.225 e. The summed E-state index contributed by atoms with van der Waals surface area (Å²) in [5, 5.41) is 6.90. The minimum atomic E-state index is 0.0265. The van der Waals surface area contributed by atoms with Gasteiger partial charge in [0.2, 0.25) is 5.91 Å². The number of thioether (sulfide) groups is 1. The highest BCUT2D eigenvalue weighted by Crippen LogP contribution is 2.27. The highest BCUT2D eigenvalue weighted by Gasteiger charge is 2.17. The molecule has 0 radical (unpaired) electrons. The second kappa shape index (κ2) is 7.20. The van der Waals surface area contributed by atoms with Crippen LogP contribution in [-0.2, 0) is 4.79 Å². The molecule has 0 bridgehead atoms. The molecule has 4 nitrogen and oxygen atoms in total. The fourth-order valence-corrected chi connectivity index (χ4v) is 3.43. The number of carbonyl (C=O) groups is 1. The van der Waals surface area contributed by atoms with E-state index in [1.54, 1.807) is 6.07 Å². The third kappa shape index (κ3) is 4.30. The van der Waals surface area contributed by atoms with Gasteiger partial charge >= 0.3 is 0 Å². The summed E-state index contributed by atoms with van der Waals surface area (Å²) in [6, 6.07) is 5.84. The molecule has 0 aromatic heterocycles. The van der Waals surface area contributed by atoms with Gasteiger partial charge in [-0.3, -0.25) is 4.79 Å². The first-order chi connectivity index (χ1) is 9.56. The van der Waals surface area contributed by atoms with Gasteiger partial charge in [-0.25, -0.2) is 0 Å². The molecule has 1 aromatic carbocycles. The molecule has 0 spiro atoms. The summed E-state index contributed by atoms with van der Waals surface area (Å²) in [6.45, 7) is 0.978. The number of nitrogens with zero attached hydrogens (tertiary/aromatic N) is 1. The van der Waals surface area contributed by atoms with Crippen LogP contribution < -0.4 is 15.5 Å². The number of hydrogen-bond donors (Lipinski definition) is 2. The van der Waals surface area contributed by atoms with E-state index in [4.69, 9.17) is 11.6 Å². The lowest BCUT2D eigenvalue weighted by atomic mass is 10.2. The number of halogens is 1. The van der Waals surface area contributed by atoms with Crippen molar-refractivity contribution in [3.05, 3.63) is 23.2 Å². The van der Waals surface area contributed by atoms with Crippen LogP contribution in [0.5, 0.6) is 0 Å². The highest BCUT2D eigenvalue weighted by atomic mass is 35.5. The minimum absolute atomic E-state index is 0.0265. The summed E-state index contributed by atoms with van der Waals surface area (Å²) in [5.41, 5.74) is 1.68. The summed E-state index contributed by atoms with van der Waals surface area (Å²) in [7, 11) is 3.87. The molecule has 1 amide bonds. The number of amides is 1. The maximum Gasteiger partial charge on any atom is 0.225 e. The normalized spacial score (nSPS) is 18.6. The molecule has 1 aromatic rings. The van der Waals surface area contributed by atoms with Gasteiger partial charge in [0, 0.05) is 50.3 Å². The Labute approximate surface area is 129 Å². The highest BCUT2D eigenvalue weighted by molar-refractivity contribution is 7.99. The summed E-state index contributed by atoms with van der Waals surface area (Å²) >= 11 is 8.08. The van der Waals surface area contributed by atoms with Crippen molar-refractivity contribution in [2.45, 2.75) is 12.5 Å². The van der Waals surface area contributed by atoms with Gasteiger partial charge in [-0.15, -0.1) is 0 Å². The Hall–Kier alpha value is -0.910. The number of carbonyl (C=O) groups excluding carboxylic acids is 1. The third-order valence-electron chi connectivity index (χ3n) is 3.14. The van der Waals surface area contributed by atoms with Gasteiger partial charge in [-0.2, -0.15) is 11.8 Å². The standard InChI is InChI=1S/C14H20ClN3OS/c1-18(2)13-4-3-10(7-12(13)15)17-14(19)8-11-9-20-6-5-16-11/h3-4,7,11,16H,5-6,8-9H2,1-2H3,(H,17,19). The van der Waals surface area contributed by atoms with Crippen LogP contribution in [0.3, 0.4) is 0 Å². The van der Waals surface area contributed by atoms with Gasteiger partial charge < -0.3 is 15.5 Å². The predicted octanol–water partition coefficient (Wildman–Crippen LogP) is 2.44. The first kappa shape index (κ1) is 15.5. The lowest BCUT2D eigenvalue weighted by molar-refractivity contribution is -0.116. The zero-order valence-electron chi connectivity index (χ0n) is 11.8. The topological polar surface area (TPSA) is 44.4 Å². The van der Waals surface area contributed by atoms with Crippen molar-refractivity contribution in [1.29, 1.82) is 0 Å². The molecule has 0 saturated carbocycles. The van der Waals surface area contributed by atoms with Crippen LogP contribution >= 0.6 is 23.4 Å². The third-order valence-corrected chi connectivity index (χ3v) is 4.58. The maximum atomic E-state index is 12.0. The summed E-state index contributed by atoms with van der Waals surface area (Å²) < 4.78 is 0. The molecule has 1 aliphatic rings. The fraction of sp³-hybridized carbons (Fsp3) is 0.500. The van der Waals surface area contributed by atoms with E-state index in [1.807, 2.05) is 42.9 Å². The minimum Gasteiger partial charge on any atom is -0.376 e. The van der Waals surface area contributed by atoms with Gasteiger partial charge in [0.15, 0.2) is 0 Å². The van der Waals surface area contributed by atoms with Gasteiger partial charge in [-0.1, -0.05) is 11.6 Å². The molecule has 0 aliphatic carbocycles. The molecular formula is C14H20ClN3OS. The monoisotopic (exact) mass is 313 g/mol. The van der Waals surface area contributed by atoms with E-state index in [0.717, 1.165) is 29.4 Å². The second-order valence-electron chi connectivity index (χ2n) is 5.04. The summed E-state index contributed by atoms with van der Waals surface area (Å²) in [6.07, 6.45) is 0.500. The van der Waals surface area contributed by atoms with Crippen molar-refractivity contribution in [2.75, 3.05) is 42.4 Å². The first-order valence-corrected chi connectivity index (χ1v) is 8.17. The number of hydrogen-bond acceptors (Lipinski definition) is 4. The van der Waals surface area contributed by atoms with E-state index in [0.29, 0.717) is 11.4 Å². The quantitative estimate of drug-likeness (QED) is 0.896. The van der Waals surface area contributed by atoms with Crippen molar-refractivity contribution in [2.24, 2.45) is 0 Å². The Bertz CT molecular complexity index is 475. The molecular weight excluding hydrogens is 294 g/mol. The Morgan fingerprint density at radius 3 is 2.95 bits per heavy atom. The molecule has 1 atom stereocenters. The van der Waals surface area contributed by atoms with Crippen LogP contribution in [0.25, 0.3) is 0 Å². The second-order valence-corrected chi connectivity index (χ2v) is 6.60.